The van der Waals surface area contributed by atoms with Crippen molar-refractivity contribution >= 4 is 23.4 Å². The maximum absolute atomic E-state index is 13.2. The molecular weight excluding hydrogens is 439 g/mol. The molecule has 2 aromatic carbocycles. The highest BCUT2D eigenvalue weighted by atomic mass is 19.4. The van der Waals surface area contributed by atoms with Gasteiger partial charge in [0.15, 0.2) is 0 Å². The van der Waals surface area contributed by atoms with Gasteiger partial charge in [-0.3, -0.25) is 19.3 Å². The number of rotatable bonds is 7. The van der Waals surface area contributed by atoms with Crippen LogP contribution in [0.25, 0.3) is 0 Å². The Morgan fingerprint density at radius 3 is 2.55 bits per heavy atom. The lowest BCUT2D eigenvalue weighted by Gasteiger charge is -2.30. The predicted octanol–water partition coefficient (Wildman–Crippen LogP) is 2.86. The minimum atomic E-state index is -4.85. The lowest BCUT2D eigenvalue weighted by Crippen LogP contribution is -2.54. The molecule has 3 amide bonds. The van der Waals surface area contributed by atoms with E-state index in [-0.39, 0.29) is 24.2 Å². The Labute approximate surface area is 188 Å². The molecule has 0 aromatic heterocycles. The van der Waals surface area contributed by atoms with Crippen molar-refractivity contribution in [1.29, 1.82) is 0 Å². The second-order valence-corrected chi connectivity index (χ2v) is 7.73. The van der Waals surface area contributed by atoms with E-state index in [9.17, 15) is 27.6 Å². The van der Waals surface area contributed by atoms with Crippen LogP contribution in [0.3, 0.4) is 0 Å². The van der Waals surface area contributed by atoms with Crippen molar-refractivity contribution in [2.75, 3.05) is 4.90 Å². The van der Waals surface area contributed by atoms with Gasteiger partial charge in [0.1, 0.15) is 17.8 Å². The molecule has 0 unspecified atom stereocenters. The minimum Gasteiger partial charge on any atom is -0.406 e. The number of para-hydroxylation sites is 2. The maximum Gasteiger partial charge on any atom is 0.573 e. The summed E-state index contributed by atoms with van der Waals surface area (Å²) < 4.78 is 41.8. The molecule has 0 radical (unpaired) electrons. The molecule has 176 valence electrons. The fourth-order valence-electron chi connectivity index (χ4n) is 3.78. The second-order valence-electron chi connectivity index (χ2n) is 7.73. The molecule has 7 nitrogen and oxygen atoms in total. The first-order valence-electron chi connectivity index (χ1n) is 10.4. The van der Waals surface area contributed by atoms with Gasteiger partial charge < -0.3 is 15.8 Å². The summed E-state index contributed by atoms with van der Waals surface area (Å²) in [6, 6.07) is 10.8. The normalized spacial score (nSPS) is 17.0. The quantitative estimate of drug-likeness (QED) is 0.659. The lowest BCUT2D eigenvalue weighted by molar-refractivity contribution is -0.274. The Morgan fingerprint density at radius 1 is 1.18 bits per heavy atom. The number of amides is 3. The lowest BCUT2D eigenvalue weighted by atomic mass is 10.1. The number of nitrogens with two attached hydrogens (primary N) is 1. The summed E-state index contributed by atoms with van der Waals surface area (Å²) in [6.45, 7) is 1.51. The van der Waals surface area contributed by atoms with Gasteiger partial charge in [0.25, 0.3) is 0 Å². The van der Waals surface area contributed by atoms with Crippen molar-refractivity contribution in [3.8, 4) is 5.75 Å². The van der Waals surface area contributed by atoms with Gasteiger partial charge in [-0.2, -0.15) is 0 Å². The summed E-state index contributed by atoms with van der Waals surface area (Å²) in [5, 5.41) is 2.66. The third-order valence-corrected chi connectivity index (χ3v) is 5.44. The van der Waals surface area contributed by atoms with Crippen molar-refractivity contribution in [3.05, 3.63) is 59.7 Å². The molecule has 1 heterocycles. The van der Waals surface area contributed by atoms with Crippen molar-refractivity contribution in [2.45, 2.75) is 51.1 Å². The Balaban J connectivity index is 1.72. The largest absolute Gasteiger partial charge is 0.573 e. The zero-order valence-electron chi connectivity index (χ0n) is 17.9. The van der Waals surface area contributed by atoms with Crippen molar-refractivity contribution in [3.63, 3.8) is 0 Å². The van der Waals surface area contributed by atoms with E-state index in [0.29, 0.717) is 18.5 Å². The van der Waals surface area contributed by atoms with Crippen LogP contribution in [-0.2, 0) is 27.2 Å². The van der Waals surface area contributed by atoms with Crippen LogP contribution in [0.4, 0.5) is 18.9 Å². The molecule has 0 saturated carbocycles. The number of fused-ring (bicyclic) bond motifs is 1. The first-order valence-corrected chi connectivity index (χ1v) is 10.4. The highest BCUT2D eigenvalue weighted by Gasteiger charge is 2.36. The Kier molecular flexibility index (Phi) is 7.25. The van der Waals surface area contributed by atoms with Gasteiger partial charge in [0.2, 0.25) is 17.7 Å². The zero-order valence-corrected chi connectivity index (χ0v) is 17.9. The molecule has 3 rings (SSSR count). The predicted molar refractivity (Wildman–Crippen MR) is 114 cm³/mol. The number of hydrogen-bond acceptors (Lipinski definition) is 4. The zero-order chi connectivity index (χ0) is 24.2. The van der Waals surface area contributed by atoms with Crippen LogP contribution >= 0.6 is 0 Å². The van der Waals surface area contributed by atoms with Gasteiger partial charge in [0, 0.05) is 12.1 Å². The Bertz CT molecular complexity index is 1040. The summed E-state index contributed by atoms with van der Waals surface area (Å²) in [4.78, 5) is 38.9. The highest BCUT2D eigenvalue weighted by Crippen LogP contribution is 2.29. The number of nitrogens with one attached hydrogen (secondary N) is 1. The highest BCUT2D eigenvalue weighted by molar-refractivity contribution is 6.05. The van der Waals surface area contributed by atoms with Gasteiger partial charge >= 0.3 is 6.36 Å². The SMILES string of the molecule is C[C@H](C(N)=O)N1C(=O)[C@H](NC(=O)CCc2ccccc2OC(F)(F)F)CCc2ccccc21. The standard InChI is InChI=1S/C23H24F3N3O4/c1-14(21(27)31)29-18-8-4-2-6-15(18)10-12-17(22(29)32)28-20(30)13-11-16-7-3-5-9-19(16)33-23(24,25)26/h2-9,14,17H,10-13H2,1H3,(H2,27,31)(H,28,30)/t14-,17-/m1/s1. The van der Waals surface area contributed by atoms with Crippen molar-refractivity contribution in [2.24, 2.45) is 5.73 Å². The topological polar surface area (TPSA) is 102 Å². The summed E-state index contributed by atoms with van der Waals surface area (Å²) in [5.41, 5.74) is 7.06. The number of halogens is 3. The van der Waals surface area contributed by atoms with E-state index in [1.807, 2.05) is 12.1 Å². The molecule has 2 atom stereocenters. The van der Waals surface area contributed by atoms with E-state index in [1.165, 1.54) is 30.0 Å². The van der Waals surface area contributed by atoms with Crippen LogP contribution in [0.5, 0.6) is 5.75 Å². The van der Waals surface area contributed by atoms with Crippen LogP contribution in [0.2, 0.25) is 0 Å². The van der Waals surface area contributed by atoms with E-state index in [4.69, 9.17) is 5.73 Å². The molecule has 0 spiro atoms. The number of alkyl halides is 3. The number of carbonyl (C=O) groups is 3. The Morgan fingerprint density at radius 2 is 1.85 bits per heavy atom. The molecule has 0 saturated heterocycles. The van der Waals surface area contributed by atoms with Crippen LogP contribution in [0.15, 0.2) is 48.5 Å². The van der Waals surface area contributed by atoms with E-state index in [1.54, 1.807) is 18.2 Å². The number of aryl methyl sites for hydroxylation is 2. The van der Waals surface area contributed by atoms with Crippen LogP contribution in [0, 0.1) is 0 Å². The summed E-state index contributed by atoms with van der Waals surface area (Å²) in [6.07, 6.45) is -4.23. The smallest absolute Gasteiger partial charge is 0.406 e. The molecule has 0 bridgehead atoms. The molecule has 2 aromatic rings. The minimum absolute atomic E-state index is 0.0133. The van der Waals surface area contributed by atoms with Crippen molar-refractivity contribution < 1.29 is 32.3 Å². The van der Waals surface area contributed by atoms with E-state index >= 15 is 0 Å². The summed E-state index contributed by atoms with van der Waals surface area (Å²) in [7, 11) is 0. The number of carbonyl (C=O) groups excluding carboxylic acids is 3. The molecule has 1 aliphatic heterocycles. The number of primary amides is 1. The maximum atomic E-state index is 13.2. The molecule has 1 aliphatic rings. The number of nitrogens with zero attached hydrogens (tertiary/aromatic N) is 1. The monoisotopic (exact) mass is 463 g/mol. The van der Waals surface area contributed by atoms with E-state index in [0.717, 1.165) is 5.56 Å². The van der Waals surface area contributed by atoms with Crippen LogP contribution in [0.1, 0.15) is 30.9 Å². The first-order chi connectivity index (χ1) is 15.6. The van der Waals surface area contributed by atoms with Gasteiger partial charge in [-0.1, -0.05) is 36.4 Å². The number of anilines is 1. The number of ether oxygens (including phenoxy) is 1. The van der Waals surface area contributed by atoms with Gasteiger partial charge in [-0.05, 0) is 49.4 Å². The first kappa shape index (κ1) is 24.1. The molecule has 0 aliphatic carbocycles. The van der Waals surface area contributed by atoms with Crippen molar-refractivity contribution in [1.82, 2.24) is 5.32 Å². The van der Waals surface area contributed by atoms with Crippen LogP contribution < -0.4 is 20.7 Å². The van der Waals surface area contributed by atoms with Crippen LogP contribution in [-0.4, -0.2) is 36.2 Å². The van der Waals surface area contributed by atoms with Gasteiger partial charge in [0.05, 0.1) is 0 Å². The Hall–Kier alpha value is -3.56. The van der Waals surface area contributed by atoms with E-state index < -0.39 is 36.2 Å². The van der Waals surface area contributed by atoms with Gasteiger partial charge in [-0.25, -0.2) is 0 Å². The fourth-order valence-corrected chi connectivity index (χ4v) is 3.78. The average Bonchev–Trinajstić information content (AvgIpc) is 2.88. The molecule has 33 heavy (non-hydrogen) atoms. The third kappa shape index (κ3) is 6.03. The average molecular weight is 463 g/mol. The molecular formula is C23H24F3N3O4. The third-order valence-electron chi connectivity index (χ3n) is 5.44. The number of hydrogen-bond donors (Lipinski definition) is 2. The summed E-state index contributed by atoms with van der Waals surface area (Å²) >= 11 is 0. The number of benzene rings is 2. The molecule has 10 heteroatoms. The fraction of sp³-hybridized carbons (Fsp3) is 0.348. The second kappa shape index (κ2) is 9.93. The van der Waals surface area contributed by atoms with Gasteiger partial charge in [-0.15, -0.1) is 13.2 Å². The summed E-state index contributed by atoms with van der Waals surface area (Å²) in [5.74, 6) is -2.04. The van der Waals surface area contributed by atoms with E-state index in [2.05, 4.69) is 10.1 Å². The molecule has 3 N–H and O–H groups in total. The molecule has 0 fully saturated rings.